The highest BCUT2D eigenvalue weighted by molar-refractivity contribution is 9.08. The monoisotopic (exact) mass is 335 g/mol. The Hall–Kier alpha value is -1.60. The maximum atomic E-state index is 4.57. The normalized spacial score (nSPS) is 10.8. The highest BCUT2D eigenvalue weighted by atomic mass is 79.9. The standard InChI is InChI=1S/C12H10BrN5S/c13-5-9-6-18(17-16-9)7-10-8-19-12(15-10)11-3-1-2-4-14-11/h1-4,6,8H,5,7H2. The van der Waals surface area contributed by atoms with Gasteiger partial charge in [-0.25, -0.2) is 9.67 Å². The number of nitrogens with zero attached hydrogens (tertiary/aromatic N) is 5. The van der Waals surface area contributed by atoms with Gasteiger partial charge in [0.1, 0.15) is 5.01 Å². The summed E-state index contributed by atoms with van der Waals surface area (Å²) < 4.78 is 1.79. The van der Waals surface area contributed by atoms with Crippen LogP contribution in [-0.4, -0.2) is 25.0 Å². The number of aromatic nitrogens is 5. The van der Waals surface area contributed by atoms with Crippen LogP contribution in [0.2, 0.25) is 0 Å². The van der Waals surface area contributed by atoms with Gasteiger partial charge >= 0.3 is 0 Å². The van der Waals surface area contributed by atoms with Crippen molar-refractivity contribution in [1.82, 2.24) is 25.0 Å². The first-order valence-corrected chi connectivity index (χ1v) is 7.66. The third-order valence-corrected chi connectivity index (χ3v) is 3.97. The third kappa shape index (κ3) is 2.87. The summed E-state index contributed by atoms with van der Waals surface area (Å²) in [5.41, 5.74) is 2.79. The van der Waals surface area contributed by atoms with Gasteiger partial charge in [0.05, 0.1) is 23.6 Å². The molecule has 0 amide bonds. The van der Waals surface area contributed by atoms with Crippen LogP contribution >= 0.6 is 27.3 Å². The van der Waals surface area contributed by atoms with E-state index in [0.717, 1.165) is 22.1 Å². The molecule has 0 spiro atoms. The molecule has 3 aromatic heterocycles. The first-order valence-electron chi connectivity index (χ1n) is 5.66. The smallest absolute Gasteiger partial charge is 0.142 e. The van der Waals surface area contributed by atoms with E-state index in [4.69, 9.17) is 0 Å². The van der Waals surface area contributed by atoms with E-state index < -0.39 is 0 Å². The van der Waals surface area contributed by atoms with Gasteiger partial charge < -0.3 is 0 Å². The van der Waals surface area contributed by atoms with Crippen LogP contribution in [0.15, 0.2) is 36.0 Å². The van der Waals surface area contributed by atoms with Gasteiger partial charge in [-0.1, -0.05) is 27.2 Å². The zero-order chi connectivity index (χ0) is 13.1. The lowest BCUT2D eigenvalue weighted by atomic mass is 10.4. The number of rotatable bonds is 4. The second-order valence-electron chi connectivity index (χ2n) is 3.90. The van der Waals surface area contributed by atoms with Gasteiger partial charge in [-0.3, -0.25) is 4.98 Å². The van der Waals surface area contributed by atoms with Gasteiger partial charge in [-0.05, 0) is 12.1 Å². The number of hydrogen-bond acceptors (Lipinski definition) is 5. The van der Waals surface area contributed by atoms with Crippen molar-refractivity contribution >= 4 is 27.3 Å². The molecule has 0 unspecified atom stereocenters. The predicted octanol–water partition coefficient (Wildman–Crippen LogP) is 2.74. The lowest BCUT2D eigenvalue weighted by molar-refractivity contribution is 0.641. The van der Waals surface area contributed by atoms with E-state index >= 15 is 0 Å². The van der Waals surface area contributed by atoms with Gasteiger partial charge in [0.25, 0.3) is 0 Å². The summed E-state index contributed by atoms with van der Waals surface area (Å²) >= 11 is 4.94. The number of alkyl halides is 1. The molecular formula is C12H10BrN5S. The average molecular weight is 336 g/mol. The Morgan fingerprint density at radius 1 is 1.26 bits per heavy atom. The van der Waals surface area contributed by atoms with Crippen molar-refractivity contribution in [3.05, 3.63) is 47.4 Å². The summed E-state index contributed by atoms with van der Waals surface area (Å²) in [7, 11) is 0. The maximum Gasteiger partial charge on any atom is 0.142 e. The summed E-state index contributed by atoms with van der Waals surface area (Å²) in [6.07, 6.45) is 3.69. The number of halogens is 1. The largest absolute Gasteiger partial charge is 0.254 e. The van der Waals surface area contributed by atoms with E-state index in [1.54, 1.807) is 22.2 Å². The van der Waals surface area contributed by atoms with E-state index in [9.17, 15) is 0 Å². The van der Waals surface area contributed by atoms with Crippen molar-refractivity contribution < 1.29 is 0 Å². The molecule has 0 fully saturated rings. The third-order valence-electron chi connectivity index (χ3n) is 2.48. The van der Waals surface area contributed by atoms with Crippen molar-refractivity contribution in [2.75, 3.05) is 0 Å². The Kier molecular flexibility index (Phi) is 3.65. The Morgan fingerprint density at radius 3 is 2.95 bits per heavy atom. The molecule has 0 aliphatic rings. The Balaban J connectivity index is 1.78. The summed E-state index contributed by atoms with van der Waals surface area (Å²) in [5, 5.41) is 11.7. The molecule has 0 bridgehead atoms. The van der Waals surface area contributed by atoms with Crippen LogP contribution in [-0.2, 0) is 11.9 Å². The zero-order valence-electron chi connectivity index (χ0n) is 9.90. The minimum absolute atomic E-state index is 0.628. The predicted molar refractivity (Wildman–Crippen MR) is 77.1 cm³/mol. The van der Waals surface area contributed by atoms with E-state index in [1.165, 1.54) is 0 Å². The van der Waals surface area contributed by atoms with E-state index in [1.807, 2.05) is 29.8 Å². The van der Waals surface area contributed by atoms with Crippen molar-refractivity contribution in [2.24, 2.45) is 0 Å². The first-order chi connectivity index (χ1) is 9.35. The molecule has 0 aromatic carbocycles. The van der Waals surface area contributed by atoms with Crippen LogP contribution in [0.3, 0.4) is 0 Å². The lowest BCUT2D eigenvalue weighted by Crippen LogP contribution is -2.00. The van der Waals surface area contributed by atoms with Crippen molar-refractivity contribution in [3.63, 3.8) is 0 Å². The van der Waals surface area contributed by atoms with Crippen molar-refractivity contribution in [1.29, 1.82) is 0 Å². The molecule has 3 aromatic rings. The topological polar surface area (TPSA) is 56.5 Å². The summed E-state index contributed by atoms with van der Waals surface area (Å²) in [6, 6.07) is 5.82. The molecule has 19 heavy (non-hydrogen) atoms. The fourth-order valence-electron chi connectivity index (χ4n) is 1.63. The molecule has 0 aliphatic carbocycles. The van der Waals surface area contributed by atoms with Gasteiger partial charge in [0.2, 0.25) is 0 Å². The van der Waals surface area contributed by atoms with E-state index in [0.29, 0.717) is 11.9 Å². The Labute approximate surface area is 122 Å². The number of pyridine rings is 1. The van der Waals surface area contributed by atoms with Crippen LogP contribution in [0.5, 0.6) is 0 Å². The fourth-order valence-corrected chi connectivity index (χ4v) is 2.67. The van der Waals surface area contributed by atoms with E-state index in [2.05, 4.69) is 36.2 Å². The van der Waals surface area contributed by atoms with Crippen LogP contribution in [0, 0.1) is 0 Å². The molecular weight excluding hydrogens is 326 g/mol. The highest BCUT2D eigenvalue weighted by Crippen LogP contribution is 2.21. The molecule has 7 heteroatoms. The average Bonchev–Trinajstić information content (AvgIpc) is 3.09. The number of hydrogen-bond donors (Lipinski definition) is 0. The van der Waals surface area contributed by atoms with Crippen LogP contribution in [0.4, 0.5) is 0 Å². The van der Waals surface area contributed by atoms with Crippen molar-refractivity contribution in [2.45, 2.75) is 11.9 Å². The van der Waals surface area contributed by atoms with Crippen molar-refractivity contribution in [3.8, 4) is 10.7 Å². The minimum atomic E-state index is 0.628. The van der Waals surface area contributed by atoms with Gasteiger partial charge in [-0.15, -0.1) is 16.4 Å². The molecule has 0 saturated carbocycles. The second kappa shape index (κ2) is 5.58. The summed E-state index contributed by atoms with van der Waals surface area (Å²) in [4.78, 5) is 8.86. The van der Waals surface area contributed by atoms with Crippen LogP contribution < -0.4 is 0 Å². The maximum absolute atomic E-state index is 4.57. The quantitative estimate of drug-likeness (QED) is 0.688. The molecule has 0 radical (unpaired) electrons. The van der Waals surface area contributed by atoms with Crippen LogP contribution in [0.1, 0.15) is 11.4 Å². The van der Waals surface area contributed by atoms with Gasteiger partial charge in [0.15, 0.2) is 0 Å². The van der Waals surface area contributed by atoms with Gasteiger partial charge in [-0.2, -0.15) is 0 Å². The molecule has 3 heterocycles. The SMILES string of the molecule is BrCc1cn(Cc2csc(-c3ccccn3)n2)nn1. The molecule has 0 aliphatic heterocycles. The molecule has 3 rings (SSSR count). The summed E-state index contributed by atoms with van der Waals surface area (Å²) in [5.74, 6) is 0. The number of thiazole rings is 1. The second-order valence-corrected chi connectivity index (χ2v) is 5.32. The Morgan fingerprint density at radius 2 is 2.21 bits per heavy atom. The Bertz CT molecular complexity index is 664. The fraction of sp³-hybridized carbons (Fsp3) is 0.167. The molecule has 96 valence electrons. The first kappa shape index (κ1) is 12.4. The molecule has 0 atom stereocenters. The van der Waals surface area contributed by atoms with Gasteiger partial charge in [0, 0.05) is 23.1 Å². The molecule has 0 N–H and O–H groups in total. The highest BCUT2D eigenvalue weighted by Gasteiger charge is 2.07. The minimum Gasteiger partial charge on any atom is -0.254 e. The van der Waals surface area contributed by atoms with E-state index in [-0.39, 0.29) is 0 Å². The molecule has 0 saturated heterocycles. The summed E-state index contributed by atoms with van der Waals surface area (Å²) in [6.45, 7) is 0.628. The lowest BCUT2D eigenvalue weighted by Gasteiger charge is -1.95. The molecule has 5 nitrogen and oxygen atoms in total. The van der Waals surface area contributed by atoms with Crippen LogP contribution in [0.25, 0.3) is 10.7 Å². The zero-order valence-corrected chi connectivity index (χ0v) is 12.3.